The summed E-state index contributed by atoms with van der Waals surface area (Å²) in [6.07, 6.45) is 1.53. The van der Waals surface area contributed by atoms with E-state index in [9.17, 15) is 18.4 Å². The van der Waals surface area contributed by atoms with Gasteiger partial charge in [0.15, 0.2) is 0 Å². The number of pyridine rings is 1. The Hall–Kier alpha value is -3.03. The number of hydrogen-bond donors (Lipinski definition) is 1. The minimum atomic E-state index is -0.732. The highest BCUT2D eigenvalue weighted by Crippen LogP contribution is 2.13. The summed E-state index contributed by atoms with van der Waals surface area (Å²) >= 11 is 0. The number of nitrogens with one attached hydrogen (secondary N) is 1. The summed E-state index contributed by atoms with van der Waals surface area (Å²) < 4.78 is 29.2. The number of rotatable bonds is 4. The van der Waals surface area contributed by atoms with Crippen LogP contribution in [0.1, 0.15) is 11.3 Å². The monoisotopic (exact) mass is 346 g/mol. The molecule has 1 N–H and O–H groups in total. The molecule has 0 saturated heterocycles. The van der Waals surface area contributed by atoms with Gasteiger partial charge in [-0.25, -0.2) is 8.78 Å². The number of aryl methyl sites for hydroxylation is 2. The summed E-state index contributed by atoms with van der Waals surface area (Å²) in [5.74, 6) is -1.87. The number of fused-ring (bicyclic) bond motifs is 1. The maximum absolute atomic E-state index is 13.6. The Morgan fingerprint density at radius 3 is 2.76 bits per heavy atom. The predicted octanol–water partition coefficient (Wildman–Crippen LogP) is 1.64. The van der Waals surface area contributed by atoms with E-state index in [1.54, 1.807) is 20.0 Å². The van der Waals surface area contributed by atoms with Crippen LogP contribution in [0.4, 0.5) is 8.78 Å². The molecular weight excluding hydrogens is 330 g/mol. The lowest BCUT2D eigenvalue weighted by atomic mass is 10.2. The Labute approximate surface area is 141 Å². The van der Waals surface area contributed by atoms with E-state index in [0.29, 0.717) is 5.52 Å². The molecule has 0 aliphatic rings. The molecule has 3 rings (SSSR count). The van der Waals surface area contributed by atoms with Crippen molar-refractivity contribution >= 4 is 16.8 Å². The highest BCUT2D eigenvalue weighted by Gasteiger charge is 2.13. The minimum Gasteiger partial charge on any atom is -0.350 e. The first kappa shape index (κ1) is 16.8. The smallest absolute Gasteiger partial charge is 0.277 e. The van der Waals surface area contributed by atoms with Gasteiger partial charge in [-0.2, -0.15) is 5.10 Å². The van der Waals surface area contributed by atoms with Gasteiger partial charge in [-0.1, -0.05) is 6.07 Å². The Kier molecular flexibility index (Phi) is 4.35. The first-order valence-corrected chi connectivity index (χ1v) is 7.60. The first-order chi connectivity index (χ1) is 11.9. The zero-order chi connectivity index (χ0) is 18.1. The maximum Gasteiger partial charge on any atom is 0.277 e. The molecule has 0 radical (unpaired) electrons. The van der Waals surface area contributed by atoms with Gasteiger partial charge < -0.3 is 9.88 Å². The van der Waals surface area contributed by atoms with Crippen molar-refractivity contribution in [3.63, 3.8) is 0 Å². The fourth-order valence-corrected chi connectivity index (χ4v) is 2.69. The number of carbonyl (C=O) groups is 1. The van der Waals surface area contributed by atoms with Crippen molar-refractivity contribution in [3.05, 3.63) is 63.7 Å². The molecule has 130 valence electrons. The van der Waals surface area contributed by atoms with Gasteiger partial charge in [-0.15, -0.1) is 0 Å². The second-order valence-corrected chi connectivity index (χ2v) is 5.73. The van der Waals surface area contributed by atoms with E-state index >= 15 is 0 Å². The lowest BCUT2D eigenvalue weighted by molar-refractivity contribution is -0.121. The second kappa shape index (κ2) is 6.46. The standard InChI is InChI=1S/C17H16F2N4O2/c1-10-13-5-6-23(17(25)16(13)22(2)21-10)9-15(24)20-8-11-3-4-12(18)7-14(11)19/h3-7H,8-9H2,1-2H3,(H,20,24). The van der Waals surface area contributed by atoms with Gasteiger partial charge in [-0.05, 0) is 19.1 Å². The summed E-state index contributed by atoms with van der Waals surface area (Å²) in [5, 5.41) is 7.45. The van der Waals surface area contributed by atoms with Crippen LogP contribution in [0.3, 0.4) is 0 Å². The van der Waals surface area contributed by atoms with Crippen LogP contribution in [0.25, 0.3) is 10.9 Å². The number of aromatic nitrogens is 3. The third kappa shape index (κ3) is 3.28. The van der Waals surface area contributed by atoms with Crippen molar-refractivity contribution in [1.82, 2.24) is 19.7 Å². The van der Waals surface area contributed by atoms with E-state index in [2.05, 4.69) is 10.4 Å². The minimum absolute atomic E-state index is 0.0905. The van der Waals surface area contributed by atoms with Crippen LogP contribution in [-0.2, 0) is 24.9 Å². The molecule has 0 saturated carbocycles. The molecule has 0 fully saturated rings. The Morgan fingerprint density at radius 2 is 2.04 bits per heavy atom. The molecule has 1 aromatic carbocycles. The molecule has 0 spiro atoms. The molecule has 6 nitrogen and oxygen atoms in total. The average molecular weight is 346 g/mol. The van der Waals surface area contributed by atoms with Crippen LogP contribution >= 0.6 is 0 Å². The number of hydrogen-bond acceptors (Lipinski definition) is 3. The van der Waals surface area contributed by atoms with Gasteiger partial charge in [0.2, 0.25) is 5.91 Å². The largest absolute Gasteiger partial charge is 0.350 e. The Bertz CT molecular complexity index is 1020. The van der Waals surface area contributed by atoms with Gasteiger partial charge in [0, 0.05) is 36.8 Å². The van der Waals surface area contributed by atoms with Crippen LogP contribution in [0.5, 0.6) is 0 Å². The Morgan fingerprint density at radius 1 is 1.28 bits per heavy atom. The zero-order valence-electron chi connectivity index (χ0n) is 13.7. The number of halogens is 2. The summed E-state index contributed by atoms with van der Waals surface area (Å²) in [7, 11) is 1.67. The normalized spacial score (nSPS) is 11.0. The van der Waals surface area contributed by atoms with E-state index in [4.69, 9.17) is 0 Å². The van der Waals surface area contributed by atoms with Gasteiger partial charge in [0.25, 0.3) is 5.56 Å². The molecular formula is C17H16F2N4O2. The lowest BCUT2D eigenvalue weighted by Gasteiger charge is -2.09. The third-order valence-corrected chi connectivity index (χ3v) is 3.96. The van der Waals surface area contributed by atoms with E-state index in [-0.39, 0.29) is 24.2 Å². The predicted molar refractivity (Wildman–Crippen MR) is 87.9 cm³/mol. The van der Waals surface area contributed by atoms with Crippen molar-refractivity contribution in [2.24, 2.45) is 7.05 Å². The number of amides is 1. The average Bonchev–Trinajstić information content (AvgIpc) is 2.84. The molecule has 2 heterocycles. The van der Waals surface area contributed by atoms with Crippen molar-refractivity contribution in [3.8, 4) is 0 Å². The highest BCUT2D eigenvalue weighted by molar-refractivity contribution is 5.81. The van der Waals surface area contributed by atoms with Crippen LogP contribution in [-0.4, -0.2) is 20.3 Å². The Balaban J connectivity index is 1.75. The quantitative estimate of drug-likeness (QED) is 0.781. The van der Waals surface area contributed by atoms with E-state index in [1.165, 1.54) is 21.5 Å². The summed E-state index contributed by atoms with van der Waals surface area (Å²) in [6.45, 7) is 1.50. The summed E-state index contributed by atoms with van der Waals surface area (Å²) in [4.78, 5) is 24.5. The van der Waals surface area contributed by atoms with Crippen LogP contribution in [0, 0.1) is 18.6 Å². The first-order valence-electron chi connectivity index (χ1n) is 7.60. The van der Waals surface area contributed by atoms with Gasteiger partial charge in [0.05, 0.1) is 5.69 Å². The second-order valence-electron chi connectivity index (χ2n) is 5.73. The van der Waals surface area contributed by atoms with Crippen LogP contribution in [0.2, 0.25) is 0 Å². The molecule has 2 aromatic heterocycles. The molecule has 3 aromatic rings. The highest BCUT2D eigenvalue weighted by atomic mass is 19.1. The molecule has 1 amide bonds. The van der Waals surface area contributed by atoms with E-state index in [1.807, 2.05) is 0 Å². The zero-order valence-corrected chi connectivity index (χ0v) is 13.7. The molecule has 8 heteroatoms. The van der Waals surface area contributed by atoms with Crippen LogP contribution < -0.4 is 10.9 Å². The maximum atomic E-state index is 13.6. The van der Waals surface area contributed by atoms with Gasteiger partial charge in [-0.3, -0.25) is 14.3 Å². The van der Waals surface area contributed by atoms with E-state index in [0.717, 1.165) is 23.2 Å². The molecule has 0 atom stereocenters. The summed E-state index contributed by atoms with van der Waals surface area (Å²) in [5.41, 5.74) is 0.985. The molecule has 0 unspecified atom stereocenters. The third-order valence-electron chi connectivity index (χ3n) is 3.96. The van der Waals surface area contributed by atoms with Crippen LogP contribution in [0.15, 0.2) is 35.3 Å². The molecule has 0 bridgehead atoms. The van der Waals surface area contributed by atoms with Gasteiger partial charge >= 0.3 is 0 Å². The SMILES string of the molecule is Cc1nn(C)c2c(=O)n(CC(=O)NCc3ccc(F)cc3F)ccc12. The number of benzene rings is 1. The lowest BCUT2D eigenvalue weighted by Crippen LogP contribution is -2.32. The topological polar surface area (TPSA) is 68.9 Å². The van der Waals surface area contributed by atoms with Crippen molar-refractivity contribution in [2.45, 2.75) is 20.0 Å². The molecule has 0 aliphatic carbocycles. The fourth-order valence-electron chi connectivity index (χ4n) is 2.69. The number of carbonyl (C=O) groups excluding carboxylic acids is 1. The van der Waals surface area contributed by atoms with Crippen molar-refractivity contribution in [1.29, 1.82) is 0 Å². The molecule has 25 heavy (non-hydrogen) atoms. The van der Waals surface area contributed by atoms with Gasteiger partial charge in [0.1, 0.15) is 23.7 Å². The molecule has 0 aliphatic heterocycles. The summed E-state index contributed by atoms with van der Waals surface area (Å²) in [6, 6.07) is 4.87. The van der Waals surface area contributed by atoms with E-state index < -0.39 is 17.5 Å². The van der Waals surface area contributed by atoms with Crippen molar-refractivity contribution < 1.29 is 13.6 Å². The van der Waals surface area contributed by atoms with Crippen molar-refractivity contribution in [2.75, 3.05) is 0 Å². The fraction of sp³-hybridized carbons (Fsp3) is 0.235. The number of nitrogens with zero attached hydrogens (tertiary/aromatic N) is 3.